The van der Waals surface area contributed by atoms with Gasteiger partial charge in [0.1, 0.15) is 0 Å². The lowest BCUT2D eigenvalue weighted by Gasteiger charge is -1.83. The van der Waals surface area contributed by atoms with Crippen molar-refractivity contribution in [3.05, 3.63) is 24.0 Å². The van der Waals surface area contributed by atoms with Crippen molar-refractivity contribution < 1.29 is 4.42 Å². The average molecular weight is 203 g/mol. The zero-order chi connectivity index (χ0) is 7.68. The zero-order valence-electron chi connectivity index (χ0n) is 6.06. The molecule has 0 saturated carbocycles. The standard InChI is InChI=1S/C7H6N2OS.ClH/c8-7-9-6(4-11-7)5-1-2-10-3-5;/h1-4H,(H2,8,9);1H. The SMILES string of the molecule is Cl.Nc1nc(-c2ccoc2)cs1. The molecule has 0 fully saturated rings. The zero-order valence-corrected chi connectivity index (χ0v) is 7.69. The number of nitrogens with two attached hydrogens (primary N) is 1. The molecule has 2 N–H and O–H groups in total. The molecule has 2 aromatic heterocycles. The van der Waals surface area contributed by atoms with Crippen LogP contribution in [0, 0.1) is 0 Å². The van der Waals surface area contributed by atoms with Gasteiger partial charge in [0.2, 0.25) is 0 Å². The first-order valence-electron chi connectivity index (χ1n) is 3.10. The van der Waals surface area contributed by atoms with E-state index in [2.05, 4.69) is 4.98 Å². The van der Waals surface area contributed by atoms with Crippen LogP contribution in [-0.4, -0.2) is 4.98 Å². The third-order valence-electron chi connectivity index (χ3n) is 1.34. The monoisotopic (exact) mass is 202 g/mol. The van der Waals surface area contributed by atoms with Gasteiger partial charge in [-0.1, -0.05) is 0 Å². The van der Waals surface area contributed by atoms with Crippen molar-refractivity contribution in [2.45, 2.75) is 0 Å². The highest BCUT2D eigenvalue weighted by molar-refractivity contribution is 7.13. The van der Waals surface area contributed by atoms with Crippen molar-refractivity contribution >= 4 is 28.9 Å². The highest BCUT2D eigenvalue weighted by atomic mass is 35.5. The van der Waals surface area contributed by atoms with Gasteiger partial charge in [-0.2, -0.15) is 0 Å². The van der Waals surface area contributed by atoms with Crippen LogP contribution in [0.3, 0.4) is 0 Å². The molecule has 0 aliphatic heterocycles. The van der Waals surface area contributed by atoms with Crippen LogP contribution in [0.5, 0.6) is 0 Å². The van der Waals surface area contributed by atoms with Gasteiger partial charge >= 0.3 is 0 Å². The largest absolute Gasteiger partial charge is 0.472 e. The van der Waals surface area contributed by atoms with Crippen LogP contribution in [0.4, 0.5) is 5.13 Å². The second kappa shape index (κ2) is 3.60. The maximum atomic E-state index is 5.46. The molecule has 0 spiro atoms. The number of nitrogen functional groups attached to an aromatic ring is 1. The molecule has 64 valence electrons. The van der Waals surface area contributed by atoms with E-state index < -0.39 is 0 Å². The van der Waals surface area contributed by atoms with Crippen LogP contribution in [0.2, 0.25) is 0 Å². The van der Waals surface area contributed by atoms with Crippen LogP contribution in [0.15, 0.2) is 28.4 Å². The summed E-state index contributed by atoms with van der Waals surface area (Å²) in [6, 6.07) is 1.86. The average Bonchev–Trinajstić information content (AvgIpc) is 2.55. The summed E-state index contributed by atoms with van der Waals surface area (Å²) < 4.78 is 4.90. The van der Waals surface area contributed by atoms with Gasteiger partial charge in [-0.05, 0) is 6.07 Å². The summed E-state index contributed by atoms with van der Waals surface area (Å²) in [5, 5.41) is 2.49. The lowest BCUT2D eigenvalue weighted by atomic mass is 10.3. The molecule has 0 unspecified atom stereocenters. The van der Waals surface area contributed by atoms with Gasteiger partial charge in [0.15, 0.2) is 5.13 Å². The minimum absolute atomic E-state index is 0. The van der Waals surface area contributed by atoms with Crippen LogP contribution in [-0.2, 0) is 0 Å². The second-order valence-corrected chi connectivity index (χ2v) is 2.97. The van der Waals surface area contributed by atoms with Crippen molar-refractivity contribution in [1.29, 1.82) is 0 Å². The third-order valence-corrected chi connectivity index (χ3v) is 2.01. The Bertz CT molecular complexity index is 344. The topological polar surface area (TPSA) is 52.0 Å². The smallest absolute Gasteiger partial charge is 0.180 e. The van der Waals surface area contributed by atoms with E-state index in [0.29, 0.717) is 5.13 Å². The van der Waals surface area contributed by atoms with Gasteiger partial charge in [-0.25, -0.2) is 4.98 Å². The van der Waals surface area contributed by atoms with Crippen LogP contribution >= 0.6 is 23.7 Å². The predicted octanol–water partition coefficient (Wildman–Crippen LogP) is 2.41. The highest BCUT2D eigenvalue weighted by Gasteiger charge is 2.01. The second-order valence-electron chi connectivity index (χ2n) is 2.08. The van der Waals surface area contributed by atoms with E-state index in [9.17, 15) is 0 Å². The fourth-order valence-corrected chi connectivity index (χ4v) is 1.40. The Morgan fingerprint density at radius 3 is 2.83 bits per heavy atom. The van der Waals surface area contributed by atoms with E-state index in [0.717, 1.165) is 11.3 Å². The highest BCUT2D eigenvalue weighted by Crippen LogP contribution is 2.22. The normalized spacial score (nSPS) is 9.33. The molecule has 0 atom stereocenters. The number of hydrogen-bond acceptors (Lipinski definition) is 4. The fraction of sp³-hybridized carbons (Fsp3) is 0. The number of aromatic nitrogens is 1. The molecular weight excluding hydrogens is 196 g/mol. The fourth-order valence-electron chi connectivity index (χ4n) is 0.830. The lowest BCUT2D eigenvalue weighted by molar-refractivity contribution is 0.568. The Hall–Kier alpha value is -1.000. The molecule has 0 saturated heterocycles. The minimum atomic E-state index is 0. The van der Waals surface area contributed by atoms with Crippen molar-refractivity contribution in [1.82, 2.24) is 4.98 Å². The quantitative estimate of drug-likeness (QED) is 0.773. The Labute approximate surface area is 79.6 Å². The maximum absolute atomic E-state index is 5.46. The molecule has 2 heterocycles. The molecule has 0 aliphatic carbocycles. The molecule has 2 aromatic rings. The summed E-state index contributed by atoms with van der Waals surface area (Å²) in [5.74, 6) is 0. The molecule has 0 bridgehead atoms. The number of anilines is 1. The number of halogens is 1. The number of nitrogens with zero attached hydrogens (tertiary/aromatic N) is 1. The van der Waals surface area contributed by atoms with E-state index in [1.807, 2.05) is 11.4 Å². The summed E-state index contributed by atoms with van der Waals surface area (Å²) in [6.07, 6.45) is 3.26. The van der Waals surface area contributed by atoms with Gasteiger partial charge in [-0.3, -0.25) is 0 Å². The summed E-state index contributed by atoms with van der Waals surface area (Å²) in [5.41, 5.74) is 7.31. The molecule has 0 aromatic carbocycles. The molecule has 0 amide bonds. The third kappa shape index (κ3) is 1.60. The van der Waals surface area contributed by atoms with Crippen molar-refractivity contribution in [2.24, 2.45) is 0 Å². The number of rotatable bonds is 1. The van der Waals surface area contributed by atoms with Gasteiger partial charge in [0, 0.05) is 10.9 Å². The van der Waals surface area contributed by atoms with E-state index in [-0.39, 0.29) is 12.4 Å². The molecule has 3 nitrogen and oxygen atoms in total. The first kappa shape index (κ1) is 9.09. The molecule has 12 heavy (non-hydrogen) atoms. The molecule has 5 heteroatoms. The molecule has 0 aliphatic rings. The van der Waals surface area contributed by atoms with E-state index in [1.54, 1.807) is 12.5 Å². The van der Waals surface area contributed by atoms with Crippen LogP contribution in [0.25, 0.3) is 11.3 Å². The van der Waals surface area contributed by atoms with Gasteiger partial charge < -0.3 is 10.2 Å². The molecule has 2 rings (SSSR count). The lowest BCUT2D eigenvalue weighted by Crippen LogP contribution is -1.81. The Balaban J connectivity index is 0.000000720. The van der Waals surface area contributed by atoms with Crippen molar-refractivity contribution in [3.63, 3.8) is 0 Å². The molecular formula is C7H7ClN2OS. The van der Waals surface area contributed by atoms with Crippen molar-refractivity contribution in [3.8, 4) is 11.3 Å². The Kier molecular flexibility index (Phi) is 2.73. The van der Waals surface area contributed by atoms with E-state index >= 15 is 0 Å². The number of hydrogen-bond donors (Lipinski definition) is 1. The maximum Gasteiger partial charge on any atom is 0.180 e. The number of thiazole rings is 1. The number of furan rings is 1. The van der Waals surface area contributed by atoms with Gasteiger partial charge in [0.25, 0.3) is 0 Å². The molecule has 0 radical (unpaired) electrons. The summed E-state index contributed by atoms with van der Waals surface area (Å²) in [6.45, 7) is 0. The summed E-state index contributed by atoms with van der Waals surface area (Å²) in [7, 11) is 0. The van der Waals surface area contributed by atoms with Crippen LogP contribution < -0.4 is 5.73 Å². The Morgan fingerprint density at radius 1 is 1.50 bits per heavy atom. The van der Waals surface area contributed by atoms with Crippen LogP contribution in [0.1, 0.15) is 0 Å². The van der Waals surface area contributed by atoms with Crippen molar-refractivity contribution in [2.75, 3.05) is 5.73 Å². The van der Waals surface area contributed by atoms with Gasteiger partial charge in [0.05, 0.1) is 18.2 Å². The first-order valence-corrected chi connectivity index (χ1v) is 3.98. The summed E-state index contributed by atoms with van der Waals surface area (Å²) >= 11 is 1.43. The Morgan fingerprint density at radius 2 is 2.33 bits per heavy atom. The van der Waals surface area contributed by atoms with Gasteiger partial charge in [-0.15, -0.1) is 23.7 Å². The van der Waals surface area contributed by atoms with E-state index in [4.69, 9.17) is 10.2 Å². The summed E-state index contributed by atoms with van der Waals surface area (Å²) in [4.78, 5) is 4.09. The van der Waals surface area contributed by atoms with E-state index in [1.165, 1.54) is 11.3 Å². The minimum Gasteiger partial charge on any atom is -0.472 e. The first-order chi connectivity index (χ1) is 5.36. The predicted molar refractivity (Wildman–Crippen MR) is 51.5 cm³/mol.